The minimum absolute atomic E-state index is 0. The van der Waals surface area contributed by atoms with Gasteiger partial charge in [0.1, 0.15) is 17.3 Å². The molecule has 1 N–H and O–H groups in total. The highest BCUT2D eigenvalue weighted by Gasteiger charge is 2.26. The molecule has 0 radical (unpaired) electrons. The topological polar surface area (TPSA) is 54.7 Å². The number of carbonyl (C=O) groups is 1. The normalized spacial score (nSPS) is 15.3. The van der Waals surface area contributed by atoms with Gasteiger partial charge in [0.25, 0.3) is 5.91 Å². The van der Waals surface area contributed by atoms with Crippen LogP contribution in [0.3, 0.4) is 0 Å². The van der Waals surface area contributed by atoms with Gasteiger partial charge in [-0.25, -0.2) is 0 Å². The summed E-state index contributed by atoms with van der Waals surface area (Å²) in [6.07, 6.45) is 2.39. The second-order valence-electron chi connectivity index (χ2n) is 6.62. The summed E-state index contributed by atoms with van der Waals surface area (Å²) in [4.78, 5) is 14.5. The maximum Gasteiger partial charge on any atom is 0.258 e. The van der Waals surface area contributed by atoms with Crippen LogP contribution in [-0.4, -0.2) is 37.0 Å². The molecule has 0 aliphatic carbocycles. The summed E-state index contributed by atoms with van der Waals surface area (Å²) in [5.74, 6) is 2.41. The summed E-state index contributed by atoms with van der Waals surface area (Å²) in [7, 11) is 0. The number of ether oxygens (including phenoxy) is 1. The molecule has 26 heavy (non-hydrogen) atoms. The maximum absolute atomic E-state index is 12.2. The Morgan fingerprint density at radius 3 is 2.65 bits per heavy atom. The lowest BCUT2D eigenvalue weighted by atomic mass is 10.2. The highest BCUT2D eigenvalue weighted by Crippen LogP contribution is 2.26. The average Bonchev–Trinajstić information content (AvgIpc) is 3.26. The molecule has 1 atom stereocenters. The Morgan fingerprint density at radius 1 is 1.23 bits per heavy atom. The number of aryl methyl sites for hydroxylation is 2. The minimum Gasteiger partial charge on any atom is -0.484 e. The fourth-order valence-electron chi connectivity index (χ4n) is 3.21. The molecule has 1 saturated heterocycles. The molecule has 3 rings (SSSR count). The van der Waals surface area contributed by atoms with Crippen LogP contribution in [0.25, 0.3) is 0 Å². The molecule has 0 saturated carbocycles. The van der Waals surface area contributed by atoms with Gasteiger partial charge in [0.2, 0.25) is 0 Å². The van der Waals surface area contributed by atoms with Gasteiger partial charge in [-0.1, -0.05) is 12.1 Å². The van der Waals surface area contributed by atoms with Crippen molar-refractivity contribution in [3.63, 3.8) is 0 Å². The Kier molecular flexibility index (Phi) is 7.54. The van der Waals surface area contributed by atoms with Gasteiger partial charge in [0.15, 0.2) is 6.61 Å². The van der Waals surface area contributed by atoms with Crippen molar-refractivity contribution >= 4 is 18.3 Å². The Labute approximate surface area is 161 Å². The molecule has 1 aliphatic rings. The van der Waals surface area contributed by atoms with E-state index < -0.39 is 0 Å². The molecule has 1 amide bonds. The van der Waals surface area contributed by atoms with E-state index in [1.54, 1.807) is 0 Å². The summed E-state index contributed by atoms with van der Waals surface area (Å²) < 4.78 is 11.4. The SMILES string of the molecule is Cc1cccc(OCC(=O)NCC(c2ccc(C)o2)N2CCCC2)c1.Cl. The van der Waals surface area contributed by atoms with E-state index in [2.05, 4.69) is 10.2 Å². The van der Waals surface area contributed by atoms with E-state index in [0.29, 0.717) is 12.3 Å². The van der Waals surface area contributed by atoms with Crippen LogP contribution >= 0.6 is 12.4 Å². The average molecular weight is 379 g/mol. The molecule has 1 aromatic heterocycles. The van der Waals surface area contributed by atoms with Crippen molar-refractivity contribution in [2.45, 2.75) is 32.7 Å². The van der Waals surface area contributed by atoms with E-state index >= 15 is 0 Å². The number of carbonyl (C=O) groups excluding carboxylic acids is 1. The molecular formula is C20H27ClN2O3. The third-order valence-electron chi connectivity index (χ3n) is 4.52. The van der Waals surface area contributed by atoms with E-state index in [1.807, 2.05) is 50.2 Å². The van der Waals surface area contributed by atoms with Crippen LogP contribution in [-0.2, 0) is 4.79 Å². The number of hydrogen-bond donors (Lipinski definition) is 1. The quantitative estimate of drug-likeness (QED) is 0.799. The van der Waals surface area contributed by atoms with Crippen LogP contribution in [0.5, 0.6) is 5.75 Å². The summed E-state index contributed by atoms with van der Waals surface area (Å²) in [6, 6.07) is 11.8. The molecule has 0 spiro atoms. The highest BCUT2D eigenvalue weighted by atomic mass is 35.5. The predicted octanol–water partition coefficient (Wildman–Crippen LogP) is 3.65. The van der Waals surface area contributed by atoms with Crippen LogP contribution in [0, 0.1) is 13.8 Å². The molecule has 1 aliphatic heterocycles. The number of rotatable bonds is 7. The Bertz CT molecular complexity index is 711. The third-order valence-corrected chi connectivity index (χ3v) is 4.52. The lowest BCUT2D eigenvalue weighted by Gasteiger charge is -2.26. The van der Waals surface area contributed by atoms with Gasteiger partial charge in [0, 0.05) is 6.54 Å². The Hall–Kier alpha value is -1.98. The van der Waals surface area contributed by atoms with Crippen molar-refractivity contribution in [2.24, 2.45) is 0 Å². The van der Waals surface area contributed by atoms with Crippen LogP contribution in [0.1, 0.15) is 36.0 Å². The number of hydrogen-bond acceptors (Lipinski definition) is 4. The molecule has 142 valence electrons. The number of likely N-dealkylation sites (tertiary alicyclic amines) is 1. The Morgan fingerprint density at radius 2 is 2.00 bits per heavy atom. The first kappa shape index (κ1) is 20.3. The standard InChI is InChI=1S/C20H26N2O3.ClH/c1-15-6-5-7-17(12-15)24-14-20(23)21-13-18(22-10-3-4-11-22)19-9-8-16(2)25-19;/h5-9,12,18H,3-4,10-11,13-14H2,1-2H3,(H,21,23);1H. The zero-order valence-corrected chi connectivity index (χ0v) is 16.2. The summed E-state index contributed by atoms with van der Waals surface area (Å²) >= 11 is 0. The Balaban J connectivity index is 0.00000243. The van der Waals surface area contributed by atoms with Gasteiger partial charge < -0.3 is 14.5 Å². The largest absolute Gasteiger partial charge is 0.484 e. The number of nitrogens with one attached hydrogen (secondary N) is 1. The molecular weight excluding hydrogens is 352 g/mol. The molecule has 1 aromatic carbocycles. The minimum atomic E-state index is -0.117. The van der Waals surface area contributed by atoms with Crippen molar-refractivity contribution in [1.82, 2.24) is 10.2 Å². The third kappa shape index (κ3) is 5.51. The number of nitrogens with zero attached hydrogens (tertiary/aromatic N) is 1. The molecule has 1 fully saturated rings. The molecule has 6 heteroatoms. The van der Waals surface area contributed by atoms with Gasteiger partial charge in [-0.2, -0.15) is 0 Å². The van der Waals surface area contributed by atoms with Gasteiger partial charge in [-0.05, 0) is 69.6 Å². The molecule has 2 aromatic rings. The predicted molar refractivity (Wildman–Crippen MR) is 104 cm³/mol. The smallest absolute Gasteiger partial charge is 0.258 e. The van der Waals surface area contributed by atoms with Crippen LogP contribution in [0.4, 0.5) is 0 Å². The van der Waals surface area contributed by atoms with Crippen molar-refractivity contribution < 1.29 is 13.9 Å². The van der Waals surface area contributed by atoms with E-state index in [1.165, 1.54) is 12.8 Å². The van der Waals surface area contributed by atoms with Crippen molar-refractivity contribution in [2.75, 3.05) is 26.2 Å². The molecule has 0 bridgehead atoms. The van der Waals surface area contributed by atoms with Crippen molar-refractivity contribution in [3.8, 4) is 5.75 Å². The zero-order chi connectivity index (χ0) is 17.6. The van der Waals surface area contributed by atoms with Gasteiger partial charge in [0.05, 0.1) is 6.04 Å². The summed E-state index contributed by atoms with van der Waals surface area (Å²) in [6.45, 7) is 6.58. The van der Waals surface area contributed by atoms with Crippen LogP contribution in [0.15, 0.2) is 40.8 Å². The van der Waals surface area contributed by atoms with E-state index in [0.717, 1.165) is 30.2 Å². The monoisotopic (exact) mass is 378 g/mol. The number of furan rings is 1. The first-order chi connectivity index (χ1) is 12.1. The number of benzene rings is 1. The zero-order valence-electron chi connectivity index (χ0n) is 15.4. The van der Waals surface area contributed by atoms with Gasteiger partial charge in [-0.3, -0.25) is 9.69 Å². The lowest BCUT2D eigenvalue weighted by Crippen LogP contribution is -2.38. The lowest BCUT2D eigenvalue weighted by molar-refractivity contribution is -0.123. The molecule has 1 unspecified atom stereocenters. The second-order valence-corrected chi connectivity index (χ2v) is 6.62. The van der Waals surface area contributed by atoms with Crippen molar-refractivity contribution in [1.29, 1.82) is 0 Å². The summed E-state index contributed by atoms with van der Waals surface area (Å²) in [5.41, 5.74) is 1.11. The second kappa shape index (κ2) is 9.64. The maximum atomic E-state index is 12.2. The number of amides is 1. The van der Waals surface area contributed by atoms with E-state index in [4.69, 9.17) is 9.15 Å². The van der Waals surface area contributed by atoms with Crippen LogP contribution in [0.2, 0.25) is 0 Å². The van der Waals surface area contributed by atoms with E-state index in [9.17, 15) is 4.79 Å². The first-order valence-corrected chi connectivity index (χ1v) is 8.88. The first-order valence-electron chi connectivity index (χ1n) is 8.88. The number of halogens is 1. The molecule has 5 nitrogen and oxygen atoms in total. The summed E-state index contributed by atoms with van der Waals surface area (Å²) in [5, 5.41) is 2.99. The van der Waals surface area contributed by atoms with Gasteiger partial charge >= 0.3 is 0 Å². The van der Waals surface area contributed by atoms with Gasteiger partial charge in [-0.15, -0.1) is 12.4 Å². The fraction of sp³-hybridized carbons (Fsp3) is 0.450. The van der Waals surface area contributed by atoms with E-state index in [-0.39, 0.29) is 31.0 Å². The molecule has 2 heterocycles. The fourth-order valence-corrected chi connectivity index (χ4v) is 3.21. The van der Waals surface area contributed by atoms with Crippen LogP contribution < -0.4 is 10.1 Å². The highest BCUT2D eigenvalue weighted by molar-refractivity contribution is 5.85. The van der Waals surface area contributed by atoms with Crippen molar-refractivity contribution in [3.05, 3.63) is 53.5 Å².